The second kappa shape index (κ2) is 10.9. The molecule has 0 amide bonds. The fourth-order valence-corrected chi connectivity index (χ4v) is 14.3. The lowest BCUT2D eigenvalue weighted by Gasteiger charge is -2.48. The van der Waals surface area contributed by atoms with Gasteiger partial charge in [0.1, 0.15) is 0 Å². The van der Waals surface area contributed by atoms with E-state index in [0.29, 0.717) is 59.6 Å². The minimum Gasteiger partial charge on any atom is -0.374 e. The van der Waals surface area contributed by atoms with Gasteiger partial charge in [-0.3, -0.25) is 0 Å². The molecule has 0 radical (unpaired) electrons. The van der Waals surface area contributed by atoms with Crippen LogP contribution in [0, 0.1) is 52.8 Å². The topological polar surface area (TPSA) is 9.23 Å². The third kappa shape index (κ3) is 3.84. The van der Waals surface area contributed by atoms with Crippen LogP contribution in [-0.4, -0.2) is 12.2 Å². The van der Waals surface area contributed by atoms with Gasteiger partial charge in [0.15, 0.2) is 0 Å². The van der Waals surface area contributed by atoms with E-state index in [0.717, 1.165) is 6.42 Å². The van der Waals surface area contributed by atoms with Crippen molar-refractivity contribution in [3.63, 3.8) is 0 Å². The molecule has 1 fully saturated rings. The number of rotatable bonds is 1. The number of ether oxygens (including phenoxy) is 1. The van der Waals surface area contributed by atoms with Crippen LogP contribution in [0.4, 0.5) is 0 Å². The average Bonchev–Trinajstić information content (AvgIpc) is 3.80. The van der Waals surface area contributed by atoms with E-state index in [2.05, 4.69) is 85.1 Å². The average molecular weight is 657 g/mol. The maximum Gasteiger partial charge on any atom is 0.0651 e. The van der Waals surface area contributed by atoms with E-state index in [1.807, 2.05) is 5.57 Å². The van der Waals surface area contributed by atoms with E-state index in [9.17, 15) is 0 Å². The van der Waals surface area contributed by atoms with E-state index in [4.69, 9.17) is 4.74 Å². The molecule has 254 valence electrons. The van der Waals surface area contributed by atoms with Crippen molar-refractivity contribution in [2.45, 2.75) is 102 Å². The Kier molecular flexibility index (Phi) is 6.43. The number of fused-ring (bicyclic) bond motifs is 15. The Bertz CT molecular complexity index is 1950. The summed E-state index contributed by atoms with van der Waals surface area (Å²) in [5.74, 6) is 4.97. The Balaban J connectivity index is 0.965. The Morgan fingerprint density at radius 1 is 0.680 bits per heavy atom. The van der Waals surface area contributed by atoms with Crippen molar-refractivity contribution in [1.29, 1.82) is 0 Å². The molecule has 12 aliphatic rings. The van der Waals surface area contributed by atoms with Gasteiger partial charge >= 0.3 is 0 Å². The van der Waals surface area contributed by atoms with Gasteiger partial charge in [0.2, 0.25) is 0 Å². The van der Waals surface area contributed by atoms with E-state index in [1.54, 1.807) is 50.2 Å². The van der Waals surface area contributed by atoms with Crippen molar-refractivity contribution in [3.8, 4) is 0 Å². The largest absolute Gasteiger partial charge is 0.374 e. The molecule has 1 aliphatic heterocycles. The van der Waals surface area contributed by atoms with Gasteiger partial charge in [-0.1, -0.05) is 102 Å². The third-order valence-electron chi connectivity index (χ3n) is 16.1. The highest BCUT2D eigenvalue weighted by atomic mass is 16.5. The smallest absolute Gasteiger partial charge is 0.0651 e. The Morgan fingerprint density at radius 2 is 1.52 bits per heavy atom. The number of allylic oxidation sites excluding steroid dienone is 22. The van der Waals surface area contributed by atoms with Gasteiger partial charge in [-0.05, 0) is 158 Å². The van der Waals surface area contributed by atoms with Crippen LogP contribution in [0.25, 0.3) is 0 Å². The predicted octanol–water partition coefficient (Wildman–Crippen LogP) is 11.7. The lowest BCUT2D eigenvalue weighted by Crippen LogP contribution is -2.40. The van der Waals surface area contributed by atoms with Crippen LogP contribution >= 0.6 is 0 Å². The fourth-order valence-electron chi connectivity index (χ4n) is 14.3. The van der Waals surface area contributed by atoms with Gasteiger partial charge in [-0.25, -0.2) is 0 Å². The lowest BCUT2D eigenvalue weighted by molar-refractivity contribution is 0.0256. The molecular weight excluding hydrogens is 605 g/mol. The van der Waals surface area contributed by atoms with Gasteiger partial charge in [-0.2, -0.15) is 0 Å². The summed E-state index contributed by atoms with van der Waals surface area (Å²) >= 11 is 0. The van der Waals surface area contributed by atoms with Crippen LogP contribution in [0.5, 0.6) is 0 Å². The van der Waals surface area contributed by atoms with Crippen LogP contribution in [0.1, 0.15) is 89.9 Å². The fraction of sp³-hybridized carbons (Fsp3) is 0.510. The molecule has 0 aromatic carbocycles. The molecule has 1 heteroatoms. The first-order valence-corrected chi connectivity index (χ1v) is 20.8. The summed E-state index contributed by atoms with van der Waals surface area (Å²) in [5.41, 5.74) is 17.5. The third-order valence-corrected chi connectivity index (χ3v) is 16.1. The molecule has 1 heterocycles. The molecule has 11 aliphatic carbocycles. The van der Waals surface area contributed by atoms with Gasteiger partial charge in [-0.15, -0.1) is 0 Å². The second-order valence-electron chi connectivity index (χ2n) is 17.9. The van der Waals surface area contributed by atoms with E-state index < -0.39 is 0 Å². The summed E-state index contributed by atoms with van der Waals surface area (Å²) in [6.45, 7) is 0. The van der Waals surface area contributed by atoms with Crippen LogP contribution in [0.3, 0.4) is 0 Å². The summed E-state index contributed by atoms with van der Waals surface area (Å²) in [7, 11) is 0. The zero-order valence-electron chi connectivity index (χ0n) is 29.7. The Labute approximate surface area is 299 Å². The SMILES string of the molecule is C1=CC2=C(CC1)C1=CC3=C(CC1C21C2=C(CCC=C2)C2CC(C4=CCC5OC6CCC=CC6C5C4)C=CC21)C1=C(CCC=C1)C1CCC=CC31. The molecule has 0 bridgehead atoms. The minimum absolute atomic E-state index is 0.0822. The van der Waals surface area contributed by atoms with Crippen molar-refractivity contribution in [2.75, 3.05) is 0 Å². The molecule has 11 unspecified atom stereocenters. The van der Waals surface area contributed by atoms with Crippen molar-refractivity contribution in [1.82, 2.24) is 0 Å². The predicted molar refractivity (Wildman–Crippen MR) is 203 cm³/mol. The molecule has 12 rings (SSSR count). The second-order valence-corrected chi connectivity index (χ2v) is 17.9. The van der Waals surface area contributed by atoms with Crippen molar-refractivity contribution < 1.29 is 4.74 Å². The molecule has 0 aromatic heterocycles. The lowest BCUT2D eigenvalue weighted by atomic mass is 9.55. The summed E-state index contributed by atoms with van der Waals surface area (Å²) < 4.78 is 6.65. The minimum atomic E-state index is 0.0822. The maximum absolute atomic E-state index is 6.65. The van der Waals surface area contributed by atoms with Crippen molar-refractivity contribution in [3.05, 3.63) is 141 Å². The summed E-state index contributed by atoms with van der Waals surface area (Å²) in [4.78, 5) is 0. The molecular formula is C49H52O. The summed E-state index contributed by atoms with van der Waals surface area (Å²) in [6.07, 6.45) is 54.7. The number of hydrogen-bond donors (Lipinski definition) is 0. The maximum atomic E-state index is 6.65. The van der Waals surface area contributed by atoms with Crippen LogP contribution < -0.4 is 0 Å². The van der Waals surface area contributed by atoms with Crippen LogP contribution in [0.2, 0.25) is 0 Å². The first kappa shape index (κ1) is 29.4. The first-order valence-electron chi connectivity index (χ1n) is 20.8. The Morgan fingerprint density at radius 3 is 2.48 bits per heavy atom. The highest BCUT2D eigenvalue weighted by Crippen LogP contribution is 2.73. The van der Waals surface area contributed by atoms with Gasteiger partial charge in [0.05, 0.1) is 12.2 Å². The molecule has 0 aromatic rings. The number of hydrogen-bond acceptors (Lipinski definition) is 1. The molecule has 11 atom stereocenters. The van der Waals surface area contributed by atoms with E-state index in [1.165, 1.54) is 83.5 Å². The van der Waals surface area contributed by atoms with Gasteiger partial charge in [0, 0.05) is 23.2 Å². The standard InChI is InChI=1S/C49H52O/c1-3-13-33-31(11-1)32-12-2-4-14-34(32)39-28-46-41(27-38(33)39)36-16-6-9-19-44(36)49(46)43-18-8-5-15-35(43)40-25-29(21-23-45(40)49)30-22-24-48-42(26-30)37-17-7-10-20-47(37)50-48/h3-4,7-9,13-14,17-19,21-23,27,29,31,33,37,40,42,45-48H,1-2,5-6,10-12,15-16,20,24-26,28H2. The molecule has 1 nitrogen and oxygen atoms in total. The van der Waals surface area contributed by atoms with Crippen LogP contribution in [-0.2, 0) is 4.74 Å². The monoisotopic (exact) mass is 656 g/mol. The van der Waals surface area contributed by atoms with Gasteiger partial charge < -0.3 is 4.74 Å². The van der Waals surface area contributed by atoms with Crippen LogP contribution in [0.15, 0.2) is 141 Å². The summed E-state index contributed by atoms with van der Waals surface area (Å²) in [5, 5.41) is 0. The molecule has 1 saturated heterocycles. The highest BCUT2D eigenvalue weighted by Gasteiger charge is 2.63. The quantitative estimate of drug-likeness (QED) is 0.255. The van der Waals surface area contributed by atoms with E-state index in [-0.39, 0.29) is 5.41 Å². The Hall–Kier alpha value is -3.16. The highest BCUT2D eigenvalue weighted by molar-refractivity contribution is 5.70. The summed E-state index contributed by atoms with van der Waals surface area (Å²) in [6, 6.07) is 0. The molecule has 1 spiro atoms. The van der Waals surface area contributed by atoms with E-state index >= 15 is 0 Å². The molecule has 0 N–H and O–H groups in total. The zero-order chi connectivity index (χ0) is 32.6. The molecule has 0 saturated carbocycles. The van der Waals surface area contributed by atoms with Gasteiger partial charge in [0.25, 0.3) is 0 Å². The first-order chi connectivity index (χ1) is 24.8. The normalized spacial score (nSPS) is 44.3. The zero-order valence-corrected chi connectivity index (χ0v) is 29.7. The molecule has 50 heavy (non-hydrogen) atoms. The van der Waals surface area contributed by atoms with Crippen molar-refractivity contribution in [2.24, 2.45) is 52.8 Å². The van der Waals surface area contributed by atoms with Crippen molar-refractivity contribution >= 4 is 0 Å².